The number of likely N-dealkylation sites (tertiary alicyclic amines) is 1. The van der Waals surface area contributed by atoms with Crippen molar-refractivity contribution >= 4 is 40.4 Å². The lowest BCUT2D eigenvalue weighted by Crippen LogP contribution is -2.29. The number of fused-ring (bicyclic) bond motifs is 1. The van der Waals surface area contributed by atoms with Gasteiger partial charge in [-0.05, 0) is 67.6 Å². The topological polar surface area (TPSA) is 129 Å². The van der Waals surface area contributed by atoms with Crippen LogP contribution in [0.2, 0.25) is 5.02 Å². The number of carbonyl (C=O) groups is 3. The first kappa shape index (κ1) is 22.8. The molecule has 3 aromatic rings. The average molecular weight is 469 g/mol. The molecule has 1 aliphatic rings. The number of aromatic amines is 1. The molecule has 0 spiro atoms. The summed E-state index contributed by atoms with van der Waals surface area (Å²) in [6.07, 6.45) is 1.94. The molecule has 2 aromatic carbocycles. The first-order valence-electron chi connectivity index (χ1n) is 10.9. The quantitative estimate of drug-likeness (QED) is 0.484. The number of hydrogen-bond acceptors (Lipinski definition) is 4. The van der Waals surface area contributed by atoms with Crippen LogP contribution in [0, 0.1) is 6.92 Å². The Labute approximate surface area is 195 Å². The number of imidazole rings is 1. The smallest absolute Gasteiger partial charge is 0.303 e. The number of rotatable bonds is 7. The third-order valence-corrected chi connectivity index (χ3v) is 6.43. The summed E-state index contributed by atoms with van der Waals surface area (Å²) in [7, 11) is 0. The molecule has 9 heteroatoms. The number of H-pyrrole nitrogens is 1. The second-order valence-electron chi connectivity index (χ2n) is 8.33. The Hall–Kier alpha value is -3.39. The van der Waals surface area contributed by atoms with E-state index < -0.39 is 17.8 Å². The van der Waals surface area contributed by atoms with Gasteiger partial charge in [-0.1, -0.05) is 11.6 Å². The number of carbonyl (C=O) groups excluding carboxylic acids is 2. The van der Waals surface area contributed by atoms with Crippen LogP contribution in [0.15, 0.2) is 30.3 Å². The fourth-order valence-electron chi connectivity index (χ4n) is 4.57. The van der Waals surface area contributed by atoms with Gasteiger partial charge in [0.15, 0.2) is 0 Å². The molecule has 172 valence electrons. The Morgan fingerprint density at radius 2 is 1.88 bits per heavy atom. The summed E-state index contributed by atoms with van der Waals surface area (Å²) >= 11 is 6.11. The highest BCUT2D eigenvalue weighted by Gasteiger charge is 2.29. The lowest BCUT2D eigenvalue weighted by Gasteiger charge is -2.23. The van der Waals surface area contributed by atoms with E-state index in [1.54, 1.807) is 42.2 Å². The minimum Gasteiger partial charge on any atom is -0.481 e. The minimum absolute atomic E-state index is 0.101. The summed E-state index contributed by atoms with van der Waals surface area (Å²) in [6.45, 7) is 3.16. The van der Waals surface area contributed by atoms with Crippen LogP contribution in [0.4, 0.5) is 0 Å². The zero-order valence-electron chi connectivity index (χ0n) is 18.2. The van der Waals surface area contributed by atoms with Crippen molar-refractivity contribution in [1.82, 2.24) is 14.9 Å². The number of aromatic nitrogens is 2. The highest BCUT2D eigenvalue weighted by molar-refractivity contribution is 6.31. The Kier molecular flexibility index (Phi) is 6.37. The summed E-state index contributed by atoms with van der Waals surface area (Å²) < 4.78 is 0. The van der Waals surface area contributed by atoms with E-state index in [0.717, 1.165) is 12.8 Å². The van der Waals surface area contributed by atoms with E-state index >= 15 is 0 Å². The second kappa shape index (κ2) is 9.23. The first-order valence-corrected chi connectivity index (χ1v) is 11.2. The zero-order valence-corrected chi connectivity index (χ0v) is 19.0. The lowest BCUT2D eigenvalue weighted by molar-refractivity contribution is -0.137. The number of aliphatic carboxylic acids is 1. The largest absolute Gasteiger partial charge is 0.481 e. The van der Waals surface area contributed by atoms with Gasteiger partial charge in [0.25, 0.3) is 5.91 Å². The normalized spacial score (nSPS) is 14.5. The molecule has 1 saturated heterocycles. The van der Waals surface area contributed by atoms with E-state index in [9.17, 15) is 19.5 Å². The Bertz CT molecular complexity index is 1250. The number of nitrogens with two attached hydrogens (primary N) is 1. The summed E-state index contributed by atoms with van der Waals surface area (Å²) in [6, 6.07) is 8.40. The van der Waals surface area contributed by atoms with E-state index in [4.69, 9.17) is 17.3 Å². The summed E-state index contributed by atoms with van der Waals surface area (Å²) in [5.74, 6) is -1.81. The van der Waals surface area contributed by atoms with Crippen molar-refractivity contribution in [1.29, 1.82) is 0 Å². The molecule has 0 aliphatic carbocycles. The van der Waals surface area contributed by atoms with Crippen LogP contribution in [-0.4, -0.2) is 50.8 Å². The Balaban J connectivity index is 1.88. The van der Waals surface area contributed by atoms with Crippen molar-refractivity contribution in [3.05, 3.63) is 63.4 Å². The van der Waals surface area contributed by atoms with Gasteiger partial charge < -0.3 is 20.7 Å². The number of nitrogens with zero attached hydrogens (tertiary/aromatic N) is 2. The zero-order chi connectivity index (χ0) is 23.7. The molecular weight excluding hydrogens is 444 g/mol. The maximum atomic E-state index is 13.2. The molecule has 8 nitrogen and oxygen atoms in total. The first-order chi connectivity index (χ1) is 15.8. The van der Waals surface area contributed by atoms with Crippen molar-refractivity contribution in [3.8, 4) is 0 Å². The van der Waals surface area contributed by atoms with Crippen molar-refractivity contribution in [2.75, 3.05) is 13.1 Å². The number of benzene rings is 2. The molecular formula is C24H25ClN4O4. The highest BCUT2D eigenvalue weighted by atomic mass is 35.5. The minimum atomic E-state index is -0.971. The predicted molar refractivity (Wildman–Crippen MR) is 125 cm³/mol. The van der Waals surface area contributed by atoms with E-state index in [1.165, 1.54) is 0 Å². The van der Waals surface area contributed by atoms with Gasteiger partial charge in [-0.25, -0.2) is 4.98 Å². The van der Waals surface area contributed by atoms with Crippen LogP contribution in [0.1, 0.15) is 69.3 Å². The molecule has 4 rings (SSSR count). The maximum absolute atomic E-state index is 13.2. The van der Waals surface area contributed by atoms with Crippen molar-refractivity contribution in [2.24, 2.45) is 5.73 Å². The number of amides is 2. The van der Waals surface area contributed by atoms with Gasteiger partial charge in [0.1, 0.15) is 5.82 Å². The third kappa shape index (κ3) is 4.57. The molecule has 33 heavy (non-hydrogen) atoms. The van der Waals surface area contributed by atoms with Gasteiger partial charge in [0.05, 0.1) is 11.0 Å². The standard InChI is InChI=1S/C24H25ClN4O4/c1-13-15(24(33)29-10-2-3-11-29)5-6-16(22(26)32)21(13)17(7-9-20(30)31)23-27-18-8-4-14(25)12-19(18)28-23/h4-6,8,12,17H,2-3,7,9-11H2,1H3,(H2,26,32)(H,27,28)(H,30,31)/t17-/m0/s1. The predicted octanol–water partition coefficient (Wildman–Crippen LogP) is 3.86. The molecule has 2 amide bonds. The summed E-state index contributed by atoms with van der Waals surface area (Å²) in [4.78, 5) is 46.6. The number of hydrogen-bond donors (Lipinski definition) is 3. The van der Waals surface area contributed by atoms with Crippen LogP contribution in [-0.2, 0) is 4.79 Å². The van der Waals surface area contributed by atoms with Gasteiger partial charge in [0.2, 0.25) is 5.91 Å². The van der Waals surface area contributed by atoms with Gasteiger partial charge in [-0.3, -0.25) is 14.4 Å². The van der Waals surface area contributed by atoms with E-state index in [1.807, 2.05) is 0 Å². The van der Waals surface area contributed by atoms with Crippen LogP contribution in [0.5, 0.6) is 0 Å². The van der Waals surface area contributed by atoms with Gasteiger partial charge in [-0.2, -0.15) is 0 Å². The van der Waals surface area contributed by atoms with Crippen molar-refractivity contribution < 1.29 is 19.5 Å². The monoisotopic (exact) mass is 468 g/mol. The molecule has 0 bridgehead atoms. The summed E-state index contributed by atoms with van der Waals surface area (Å²) in [5.41, 5.74) is 8.93. The van der Waals surface area contributed by atoms with Crippen LogP contribution in [0.25, 0.3) is 11.0 Å². The van der Waals surface area contributed by atoms with Crippen LogP contribution in [0.3, 0.4) is 0 Å². The third-order valence-electron chi connectivity index (χ3n) is 6.19. The van der Waals surface area contributed by atoms with Crippen LogP contribution < -0.4 is 5.73 Å². The number of primary amides is 1. The van der Waals surface area contributed by atoms with E-state index in [-0.39, 0.29) is 24.3 Å². The number of carboxylic acid groups (broad SMARTS) is 1. The molecule has 1 fully saturated rings. The van der Waals surface area contributed by atoms with Gasteiger partial charge in [0, 0.05) is 41.6 Å². The molecule has 0 unspecified atom stereocenters. The summed E-state index contributed by atoms with van der Waals surface area (Å²) in [5, 5.41) is 9.90. The van der Waals surface area contributed by atoms with Crippen molar-refractivity contribution in [3.63, 3.8) is 0 Å². The fraction of sp³-hybridized carbons (Fsp3) is 0.333. The number of nitrogens with one attached hydrogen (secondary N) is 1. The SMILES string of the molecule is Cc1c(C(=O)N2CCCC2)ccc(C(N)=O)c1[C@H](CCC(=O)O)c1nc2ccc(Cl)cc2[nH]1. The van der Waals surface area contributed by atoms with Gasteiger partial charge >= 0.3 is 5.97 Å². The Morgan fingerprint density at radius 1 is 1.18 bits per heavy atom. The fourth-order valence-corrected chi connectivity index (χ4v) is 4.74. The molecule has 0 radical (unpaired) electrons. The molecule has 1 aliphatic heterocycles. The second-order valence-corrected chi connectivity index (χ2v) is 8.77. The number of halogens is 1. The molecule has 0 saturated carbocycles. The lowest BCUT2D eigenvalue weighted by atomic mass is 9.84. The van der Waals surface area contributed by atoms with Crippen LogP contribution >= 0.6 is 11.6 Å². The van der Waals surface area contributed by atoms with E-state index in [0.29, 0.717) is 51.7 Å². The number of carboxylic acids is 1. The highest BCUT2D eigenvalue weighted by Crippen LogP contribution is 2.36. The molecule has 1 atom stereocenters. The van der Waals surface area contributed by atoms with E-state index in [2.05, 4.69) is 9.97 Å². The van der Waals surface area contributed by atoms with Gasteiger partial charge in [-0.15, -0.1) is 0 Å². The van der Waals surface area contributed by atoms with Crippen molar-refractivity contribution in [2.45, 2.75) is 38.5 Å². The average Bonchev–Trinajstić information content (AvgIpc) is 3.43. The maximum Gasteiger partial charge on any atom is 0.303 e. The molecule has 2 heterocycles. The Morgan fingerprint density at radius 3 is 2.55 bits per heavy atom. The molecule has 1 aromatic heterocycles. The molecule has 4 N–H and O–H groups in total.